The van der Waals surface area contributed by atoms with Gasteiger partial charge >= 0.3 is 0 Å². The third-order valence-corrected chi connectivity index (χ3v) is 4.73. The van der Waals surface area contributed by atoms with E-state index >= 15 is 0 Å². The maximum Gasteiger partial charge on any atom is 0.189 e. The van der Waals surface area contributed by atoms with Gasteiger partial charge in [0.2, 0.25) is 0 Å². The smallest absolute Gasteiger partial charge is 0.189 e. The van der Waals surface area contributed by atoms with Crippen LogP contribution in [0.25, 0.3) is 11.5 Å². The Labute approximate surface area is 160 Å². The summed E-state index contributed by atoms with van der Waals surface area (Å²) in [7, 11) is 0. The molecule has 0 aliphatic rings. The Morgan fingerprint density at radius 1 is 0.815 bits per heavy atom. The van der Waals surface area contributed by atoms with Gasteiger partial charge in [0.25, 0.3) is 0 Å². The van der Waals surface area contributed by atoms with Gasteiger partial charge in [0.1, 0.15) is 12.0 Å². The van der Waals surface area contributed by atoms with Crippen molar-refractivity contribution >= 4 is 0 Å². The molecule has 27 heavy (non-hydrogen) atoms. The molecule has 0 fully saturated rings. The van der Waals surface area contributed by atoms with Gasteiger partial charge in [-0.1, -0.05) is 70.9 Å². The Hall–Kier alpha value is -2.37. The van der Waals surface area contributed by atoms with Crippen molar-refractivity contribution in [1.29, 1.82) is 0 Å². The summed E-state index contributed by atoms with van der Waals surface area (Å²) in [4.78, 5) is 0. The SMILES string of the molecule is CC(C)(C)c1cc(-c2nocc2C(C)(C)Cc2cc(C(C)(C)C)on2)on1. The fourth-order valence-electron chi connectivity index (χ4n) is 2.93. The van der Waals surface area contributed by atoms with E-state index in [2.05, 4.69) is 70.9 Å². The van der Waals surface area contributed by atoms with E-state index in [-0.39, 0.29) is 16.2 Å². The molecule has 3 rings (SSSR count). The van der Waals surface area contributed by atoms with Crippen LogP contribution in [0.3, 0.4) is 0 Å². The van der Waals surface area contributed by atoms with Crippen LogP contribution in [-0.4, -0.2) is 15.5 Å². The molecule has 146 valence electrons. The molecule has 0 radical (unpaired) electrons. The van der Waals surface area contributed by atoms with Crippen molar-refractivity contribution < 1.29 is 13.6 Å². The van der Waals surface area contributed by atoms with Crippen molar-refractivity contribution in [3.63, 3.8) is 0 Å². The molecule has 6 heteroatoms. The van der Waals surface area contributed by atoms with Gasteiger partial charge in [-0.15, -0.1) is 0 Å². The van der Waals surface area contributed by atoms with Crippen molar-refractivity contribution in [1.82, 2.24) is 15.5 Å². The highest BCUT2D eigenvalue weighted by Gasteiger charge is 2.32. The van der Waals surface area contributed by atoms with Crippen molar-refractivity contribution in [2.24, 2.45) is 0 Å². The highest BCUT2D eigenvalue weighted by atomic mass is 16.5. The monoisotopic (exact) mass is 371 g/mol. The van der Waals surface area contributed by atoms with E-state index in [0.717, 1.165) is 22.7 Å². The predicted molar refractivity (Wildman–Crippen MR) is 103 cm³/mol. The van der Waals surface area contributed by atoms with Crippen molar-refractivity contribution in [2.45, 2.75) is 78.1 Å². The predicted octanol–water partition coefficient (Wildman–Crippen LogP) is 5.43. The van der Waals surface area contributed by atoms with Crippen LogP contribution in [0.1, 0.15) is 78.1 Å². The average Bonchev–Trinajstić information content (AvgIpc) is 3.25. The molecule has 0 unspecified atom stereocenters. The highest BCUT2D eigenvalue weighted by molar-refractivity contribution is 5.58. The average molecular weight is 371 g/mol. The van der Waals surface area contributed by atoms with Crippen LogP contribution in [0.4, 0.5) is 0 Å². The zero-order valence-electron chi connectivity index (χ0n) is 17.5. The van der Waals surface area contributed by atoms with Crippen molar-refractivity contribution in [3.05, 3.63) is 41.1 Å². The molecule has 0 aromatic carbocycles. The highest BCUT2D eigenvalue weighted by Crippen LogP contribution is 2.36. The molecule has 0 aliphatic carbocycles. The van der Waals surface area contributed by atoms with Gasteiger partial charge in [0, 0.05) is 40.4 Å². The zero-order valence-corrected chi connectivity index (χ0v) is 17.5. The molecule has 0 aliphatic heterocycles. The number of hydrogen-bond donors (Lipinski definition) is 0. The first kappa shape index (κ1) is 19.4. The summed E-state index contributed by atoms with van der Waals surface area (Å²) in [5.74, 6) is 1.50. The molecule has 3 aromatic rings. The molecule has 0 bridgehead atoms. The molecule has 0 N–H and O–H groups in total. The van der Waals surface area contributed by atoms with Crippen LogP contribution in [0.2, 0.25) is 0 Å². The van der Waals surface area contributed by atoms with Gasteiger partial charge in [-0.2, -0.15) is 0 Å². The van der Waals surface area contributed by atoms with Crippen LogP contribution < -0.4 is 0 Å². The van der Waals surface area contributed by atoms with E-state index in [0.29, 0.717) is 17.9 Å². The normalized spacial score (nSPS) is 13.3. The second-order valence-electron chi connectivity index (χ2n) is 9.90. The summed E-state index contributed by atoms with van der Waals surface area (Å²) < 4.78 is 16.4. The molecule has 0 saturated carbocycles. The molecule has 0 amide bonds. The zero-order chi connectivity index (χ0) is 20.0. The minimum atomic E-state index is -0.268. The summed E-state index contributed by atoms with van der Waals surface area (Å²) in [5.41, 5.74) is 3.00. The lowest BCUT2D eigenvalue weighted by Crippen LogP contribution is -2.21. The minimum Gasteiger partial charge on any atom is -0.364 e. The van der Waals surface area contributed by atoms with E-state index in [1.807, 2.05) is 12.1 Å². The molecule has 0 spiro atoms. The Kier molecular flexibility index (Phi) is 4.57. The summed E-state index contributed by atoms with van der Waals surface area (Å²) in [5, 5.41) is 12.6. The van der Waals surface area contributed by atoms with E-state index in [9.17, 15) is 0 Å². The van der Waals surface area contributed by atoms with E-state index in [1.165, 1.54) is 0 Å². The molecule has 3 aromatic heterocycles. The number of nitrogens with zero attached hydrogens (tertiary/aromatic N) is 3. The van der Waals surface area contributed by atoms with E-state index in [4.69, 9.17) is 13.6 Å². The minimum absolute atomic E-state index is 0.0685. The molecular formula is C21H29N3O3. The molecule has 3 heterocycles. The molecule has 6 nitrogen and oxygen atoms in total. The fraction of sp³-hybridized carbons (Fsp3) is 0.571. The van der Waals surface area contributed by atoms with Crippen molar-refractivity contribution in [3.8, 4) is 11.5 Å². The lowest BCUT2D eigenvalue weighted by Gasteiger charge is -2.22. The lowest BCUT2D eigenvalue weighted by molar-refractivity contribution is 0.323. The topological polar surface area (TPSA) is 78.1 Å². The van der Waals surface area contributed by atoms with E-state index in [1.54, 1.807) is 6.26 Å². The van der Waals surface area contributed by atoms with E-state index < -0.39 is 0 Å². The Morgan fingerprint density at radius 3 is 2.07 bits per heavy atom. The lowest BCUT2D eigenvalue weighted by atomic mass is 9.80. The van der Waals surface area contributed by atoms with Crippen LogP contribution in [0.15, 0.2) is 32.0 Å². The third-order valence-electron chi connectivity index (χ3n) is 4.73. The van der Waals surface area contributed by atoms with Gasteiger partial charge < -0.3 is 13.6 Å². The van der Waals surface area contributed by atoms with Gasteiger partial charge in [0.05, 0.1) is 11.4 Å². The second kappa shape index (κ2) is 6.36. The Balaban J connectivity index is 1.89. The number of hydrogen-bond acceptors (Lipinski definition) is 6. The van der Waals surface area contributed by atoms with Gasteiger partial charge in [0.15, 0.2) is 11.5 Å². The first-order chi connectivity index (χ1) is 12.4. The largest absolute Gasteiger partial charge is 0.364 e. The fourth-order valence-corrected chi connectivity index (χ4v) is 2.93. The second-order valence-corrected chi connectivity index (χ2v) is 9.90. The van der Waals surface area contributed by atoms with Crippen LogP contribution in [-0.2, 0) is 22.7 Å². The van der Waals surface area contributed by atoms with Gasteiger partial charge in [-0.25, -0.2) is 0 Å². The summed E-state index contributed by atoms with van der Waals surface area (Å²) in [6, 6.07) is 3.96. The Bertz CT molecular complexity index is 917. The van der Waals surface area contributed by atoms with Gasteiger partial charge in [-0.05, 0) is 0 Å². The first-order valence-electron chi connectivity index (χ1n) is 9.26. The van der Waals surface area contributed by atoms with Crippen LogP contribution >= 0.6 is 0 Å². The van der Waals surface area contributed by atoms with Crippen molar-refractivity contribution in [2.75, 3.05) is 0 Å². The summed E-state index contributed by atoms with van der Waals surface area (Å²) in [6.45, 7) is 16.9. The summed E-state index contributed by atoms with van der Waals surface area (Å²) in [6.07, 6.45) is 2.38. The molecule has 0 atom stereocenters. The quantitative estimate of drug-likeness (QED) is 0.608. The molecule has 0 saturated heterocycles. The van der Waals surface area contributed by atoms with Crippen LogP contribution in [0.5, 0.6) is 0 Å². The first-order valence-corrected chi connectivity index (χ1v) is 9.26. The standard InChI is InChI=1S/C21H29N3O3/c1-19(2,3)16-10-15(26-23-16)18-14(12-25-24-18)21(7,8)11-13-9-17(27-22-13)20(4,5)6/h9-10,12H,11H2,1-8H3. The van der Waals surface area contributed by atoms with Crippen LogP contribution in [0, 0.1) is 0 Å². The summed E-state index contributed by atoms with van der Waals surface area (Å²) >= 11 is 0. The Morgan fingerprint density at radius 2 is 1.52 bits per heavy atom. The number of aromatic nitrogens is 3. The maximum atomic E-state index is 5.56. The third kappa shape index (κ3) is 3.99. The number of rotatable bonds is 4. The maximum absolute atomic E-state index is 5.56. The molecular weight excluding hydrogens is 342 g/mol. The van der Waals surface area contributed by atoms with Gasteiger partial charge in [-0.3, -0.25) is 0 Å².